The smallest absolute Gasteiger partial charge is 0.238 e. The second kappa shape index (κ2) is 11.6. The molecule has 0 aliphatic carbocycles. The maximum Gasteiger partial charge on any atom is 0.238 e. The Morgan fingerprint density at radius 2 is 1.72 bits per heavy atom. The standard InChI is InChI=1S/C30H30N2O6S/c31-39(34,35)26-13-11-24(12-14-26)29-28(23-7-2-1-3-8-23)32-27(38-29)10-5-17-37-21-22-6-4-9-25(20-22)30(33)15-18-36-19-16-30/h1-14,20,33H,15-19,21H2,(H2,31,34,35)/b10-5+. The number of oxazole rings is 1. The molecular formula is C30H30N2O6S. The highest BCUT2D eigenvalue weighted by atomic mass is 32.2. The van der Waals surface area contributed by atoms with Gasteiger partial charge in [-0.25, -0.2) is 18.5 Å². The largest absolute Gasteiger partial charge is 0.436 e. The fraction of sp³-hybridized carbons (Fsp3) is 0.233. The Bertz CT molecular complexity index is 1540. The second-order valence-electron chi connectivity index (χ2n) is 9.43. The van der Waals surface area contributed by atoms with Crippen molar-refractivity contribution in [2.24, 2.45) is 5.14 Å². The van der Waals surface area contributed by atoms with E-state index in [9.17, 15) is 13.5 Å². The van der Waals surface area contributed by atoms with Crippen LogP contribution in [0.2, 0.25) is 0 Å². The normalized spacial score (nSPS) is 15.5. The van der Waals surface area contributed by atoms with Crippen LogP contribution in [0.4, 0.5) is 0 Å². The number of hydrogen-bond donors (Lipinski definition) is 2. The van der Waals surface area contributed by atoms with Gasteiger partial charge in [0, 0.05) is 37.2 Å². The van der Waals surface area contributed by atoms with E-state index in [0.29, 0.717) is 62.2 Å². The van der Waals surface area contributed by atoms with Crippen LogP contribution in [0.1, 0.15) is 29.9 Å². The fourth-order valence-corrected chi connectivity index (χ4v) is 5.05. The molecule has 1 aliphatic rings. The number of aromatic nitrogens is 1. The molecule has 0 spiro atoms. The molecule has 0 atom stereocenters. The lowest BCUT2D eigenvalue weighted by Crippen LogP contribution is -2.33. The summed E-state index contributed by atoms with van der Waals surface area (Å²) in [4.78, 5) is 4.69. The minimum Gasteiger partial charge on any atom is -0.436 e. The van der Waals surface area contributed by atoms with E-state index in [1.54, 1.807) is 18.2 Å². The molecule has 0 radical (unpaired) electrons. The molecule has 202 valence electrons. The van der Waals surface area contributed by atoms with Crippen molar-refractivity contribution in [1.82, 2.24) is 4.98 Å². The van der Waals surface area contributed by atoms with Crippen molar-refractivity contribution < 1.29 is 27.4 Å². The summed E-state index contributed by atoms with van der Waals surface area (Å²) >= 11 is 0. The quantitative estimate of drug-likeness (QED) is 0.287. The molecule has 0 unspecified atom stereocenters. The third-order valence-electron chi connectivity index (χ3n) is 6.66. The summed E-state index contributed by atoms with van der Waals surface area (Å²) in [5.41, 5.74) is 3.20. The topological polar surface area (TPSA) is 125 Å². The van der Waals surface area contributed by atoms with Crippen molar-refractivity contribution in [2.45, 2.75) is 29.9 Å². The van der Waals surface area contributed by atoms with Gasteiger partial charge in [-0.3, -0.25) is 0 Å². The first-order chi connectivity index (χ1) is 18.8. The highest BCUT2D eigenvalue weighted by Gasteiger charge is 2.31. The summed E-state index contributed by atoms with van der Waals surface area (Å²) in [5.74, 6) is 0.914. The minimum absolute atomic E-state index is 0.0248. The van der Waals surface area contributed by atoms with E-state index in [-0.39, 0.29) is 4.90 Å². The zero-order chi connectivity index (χ0) is 27.3. The Morgan fingerprint density at radius 3 is 2.44 bits per heavy atom. The Kier molecular flexibility index (Phi) is 8.06. The van der Waals surface area contributed by atoms with Crippen LogP contribution in [0.15, 0.2) is 94.3 Å². The number of hydrogen-bond acceptors (Lipinski definition) is 7. The number of sulfonamides is 1. The molecular weight excluding hydrogens is 516 g/mol. The van der Waals surface area contributed by atoms with Gasteiger partial charge in [-0.2, -0.15) is 0 Å². The van der Waals surface area contributed by atoms with Crippen LogP contribution < -0.4 is 5.14 Å². The highest BCUT2D eigenvalue weighted by Crippen LogP contribution is 2.34. The van der Waals surface area contributed by atoms with Gasteiger partial charge in [0.1, 0.15) is 5.69 Å². The third kappa shape index (κ3) is 6.52. The zero-order valence-corrected chi connectivity index (χ0v) is 22.1. The molecule has 4 aromatic rings. The molecule has 9 heteroatoms. The molecule has 3 N–H and O–H groups in total. The Morgan fingerprint density at radius 1 is 0.974 bits per heavy atom. The van der Waals surface area contributed by atoms with E-state index in [4.69, 9.17) is 19.0 Å². The van der Waals surface area contributed by atoms with Crippen LogP contribution in [-0.4, -0.2) is 38.3 Å². The Labute approximate surface area is 227 Å². The summed E-state index contributed by atoms with van der Waals surface area (Å²) in [6.45, 7) is 1.84. The number of ether oxygens (including phenoxy) is 2. The lowest BCUT2D eigenvalue weighted by Gasteiger charge is -2.32. The van der Waals surface area contributed by atoms with Crippen LogP contribution in [0.25, 0.3) is 28.7 Å². The summed E-state index contributed by atoms with van der Waals surface area (Å²) < 4.78 is 40.6. The van der Waals surface area contributed by atoms with E-state index in [1.165, 1.54) is 12.1 Å². The predicted octanol–water partition coefficient (Wildman–Crippen LogP) is 4.88. The van der Waals surface area contributed by atoms with E-state index in [2.05, 4.69) is 4.98 Å². The Balaban J connectivity index is 1.28. The van der Waals surface area contributed by atoms with Gasteiger partial charge in [-0.1, -0.05) is 60.7 Å². The summed E-state index contributed by atoms with van der Waals surface area (Å²) in [7, 11) is -3.80. The summed E-state index contributed by atoms with van der Waals surface area (Å²) in [5, 5.41) is 16.2. The first-order valence-electron chi connectivity index (χ1n) is 12.7. The third-order valence-corrected chi connectivity index (χ3v) is 7.59. The lowest BCUT2D eigenvalue weighted by atomic mass is 9.86. The maximum atomic E-state index is 11.6. The molecule has 0 bridgehead atoms. The zero-order valence-electron chi connectivity index (χ0n) is 21.3. The van der Waals surface area contributed by atoms with Gasteiger partial charge in [-0.05, 0) is 41.5 Å². The maximum absolute atomic E-state index is 11.6. The number of nitrogens with zero attached hydrogens (tertiary/aromatic N) is 1. The molecule has 3 aromatic carbocycles. The SMILES string of the molecule is NS(=O)(=O)c1ccc(-c2oc(/C=C/COCc3cccc(C4(O)CCOCC4)c3)nc2-c2ccccc2)cc1. The van der Waals surface area contributed by atoms with Crippen LogP contribution in [0, 0.1) is 0 Å². The molecule has 0 saturated carbocycles. The van der Waals surface area contributed by atoms with Crippen LogP contribution >= 0.6 is 0 Å². The highest BCUT2D eigenvalue weighted by molar-refractivity contribution is 7.89. The summed E-state index contributed by atoms with van der Waals surface area (Å²) in [6.07, 6.45) is 4.74. The average Bonchev–Trinajstić information content (AvgIpc) is 3.38. The molecule has 1 fully saturated rings. The number of aliphatic hydroxyl groups is 1. The van der Waals surface area contributed by atoms with Crippen molar-refractivity contribution in [3.8, 4) is 22.6 Å². The molecule has 5 rings (SSSR count). The van der Waals surface area contributed by atoms with Crippen molar-refractivity contribution >= 4 is 16.1 Å². The fourth-order valence-electron chi connectivity index (χ4n) is 4.53. The van der Waals surface area contributed by atoms with E-state index in [1.807, 2.05) is 60.7 Å². The van der Waals surface area contributed by atoms with Crippen LogP contribution in [0.5, 0.6) is 0 Å². The van der Waals surface area contributed by atoms with Gasteiger partial charge in [0.2, 0.25) is 15.9 Å². The average molecular weight is 547 g/mol. The number of nitrogens with two attached hydrogens (primary N) is 1. The van der Waals surface area contributed by atoms with Gasteiger partial charge in [0.15, 0.2) is 5.76 Å². The summed E-state index contributed by atoms with van der Waals surface area (Å²) in [6, 6.07) is 23.6. The molecule has 8 nitrogen and oxygen atoms in total. The van der Waals surface area contributed by atoms with E-state index >= 15 is 0 Å². The number of benzene rings is 3. The van der Waals surface area contributed by atoms with Crippen molar-refractivity contribution in [2.75, 3.05) is 19.8 Å². The first kappa shape index (κ1) is 27.0. The molecule has 2 heterocycles. The molecule has 39 heavy (non-hydrogen) atoms. The number of primary sulfonamides is 1. The van der Waals surface area contributed by atoms with Crippen molar-refractivity contribution in [1.29, 1.82) is 0 Å². The lowest BCUT2D eigenvalue weighted by molar-refractivity contribution is -0.0680. The van der Waals surface area contributed by atoms with Crippen LogP contribution in [0.3, 0.4) is 0 Å². The Hall–Kier alpha value is -3.60. The molecule has 0 amide bonds. The van der Waals surface area contributed by atoms with Crippen molar-refractivity contribution in [3.63, 3.8) is 0 Å². The monoisotopic (exact) mass is 546 g/mol. The predicted molar refractivity (Wildman–Crippen MR) is 148 cm³/mol. The minimum atomic E-state index is -3.80. The van der Waals surface area contributed by atoms with E-state index < -0.39 is 15.6 Å². The van der Waals surface area contributed by atoms with Gasteiger partial charge < -0.3 is 19.0 Å². The van der Waals surface area contributed by atoms with Crippen molar-refractivity contribution in [3.05, 3.63) is 102 Å². The molecule has 1 saturated heterocycles. The van der Waals surface area contributed by atoms with Gasteiger partial charge in [0.05, 0.1) is 23.7 Å². The van der Waals surface area contributed by atoms with Gasteiger partial charge in [0.25, 0.3) is 0 Å². The second-order valence-corrected chi connectivity index (χ2v) is 11.0. The van der Waals surface area contributed by atoms with Crippen LogP contribution in [-0.2, 0) is 31.7 Å². The number of rotatable bonds is 9. The first-order valence-corrected chi connectivity index (χ1v) is 14.2. The van der Waals surface area contributed by atoms with Gasteiger partial charge >= 0.3 is 0 Å². The van der Waals surface area contributed by atoms with Gasteiger partial charge in [-0.15, -0.1) is 0 Å². The molecule has 1 aromatic heterocycles. The van der Waals surface area contributed by atoms with E-state index in [0.717, 1.165) is 16.7 Å². The molecule has 1 aliphatic heterocycles.